The van der Waals surface area contributed by atoms with Crippen LogP contribution in [-0.4, -0.2) is 67.5 Å². The van der Waals surface area contributed by atoms with Crippen molar-refractivity contribution in [3.63, 3.8) is 0 Å². The summed E-state index contributed by atoms with van der Waals surface area (Å²) in [4.78, 5) is 27.6. The fourth-order valence-corrected chi connectivity index (χ4v) is 7.41. The first-order chi connectivity index (χ1) is 21.4. The number of piperidine rings is 1. The summed E-state index contributed by atoms with van der Waals surface area (Å²) < 4.78 is 0. The minimum absolute atomic E-state index is 0.0523. The lowest BCUT2D eigenvalue weighted by Gasteiger charge is -2.37. The molecule has 2 aromatic carbocycles. The Balaban J connectivity index is 1.40. The quantitative estimate of drug-likeness (QED) is 0.288. The third kappa shape index (κ3) is 5.71. The van der Waals surface area contributed by atoms with E-state index >= 15 is 0 Å². The van der Waals surface area contributed by atoms with Crippen LogP contribution in [0.2, 0.25) is 0 Å². The van der Waals surface area contributed by atoms with E-state index in [1.54, 1.807) is 6.07 Å². The number of tetrazole rings is 1. The van der Waals surface area contributed by atoms with Gasteiger partial charge in [0.1, 0.15) is 6.04 Å². The number of rotatable bonds is 9. The first-order valence-electron chi connectivity index (χ1n) is 15.6. The zero-order valence-electron chi connectivity index (χ0n) is 26.4. The Morgan fingerprint density at radius 3 is 2.42 bits per heavy atom. The molecule has 1 saturated heterocycles. The van der Waals surface area contributed by atoms with Crippen molar-refractivity contribution in [1.29, 1.82) is 5.26 Å². The van der Waals surface area contributed by atoms with E-state index in [-0.39, 0.29) is 23.5 Å². The number of hydrogen-bond acceptors (Lipinski definition) is 8. The highest BCUT2D eigenvalue weighted by Crippen LogP contribution is 2.49. The lowest BCUT2D eigenvalue weighted by atomic mass is 9.67. The number of amides is 2. The molecule has 3 aliphatic rings. The first-order valence-corrected chi connectivity index (χ1v) is 15.6. The maximum atomic E-state index is 13.2. The molecule has 11 heteroatoms. The summed E-state index contributed by atoms with van der Waals surface area (Å²) >= 11 is 0. The van der Waals surface area contributed by atoms with Crippen LogP contribution in [0.15, 0.2) is 48.7 Å². The minimum Gasteiger partial charge on any atom is -0.366 e. The Kier molecular flexibility index (Phi) is 7.73. The molecule has 2 heterocycles. The smallest absolute Gasteiger partial charge is 0.251 e. The molecule has 11 nitrogen and oxygen atoms in total. The van der Waals surface area contributed by atoms with Crippen molar-refractivity contribution in [3.8, 4) is 6.07 Å². The summed E-state index contributed by atoms with van der Waals surface area (Å²) in [5.41, 5.74) is 10.4. The number of likely N-dealkylation sites (tertiary alicyclic amines) is 1. The van der Waals surface area contributed by atoms with Crippen molar-refractivity contribution in [3.05, 3.63) is 87.9 Å². The van der Waals surface area contributed by atoms with Gasteiger partial charge in [0.25, 0.3) is 5.91 Å². The summed E-state index contributed by atoms with van der Waals surface area (Å²) in [5, 5.41) is 32.0. The summed E-state index contributed by atoms with van der Waals surface area (Å²) in [6, 6.07) is 14.2. The highest BCUT2D eigenvalue weighted by atomic mass is 16.2. The van der Waals surface area contributed by atoms with E-state index < -0.39 is 11.3 Å². The van der Waals surface area contributed by atoms with Crippen molar-refractivity contribution >= 4 is 11.8 Å². The summed E-state index contributed by atoms with van der Waals surface area (Å²) in [7, 11) is 0. The molecule has 1 saturated carbocycles. The van der Waals surface area contributed by atoms with Gasteiger partial charge in [-0.15, -0.1) is 5.10 Å². The molecule has 3 aromatic rings. The van der Waals surface area contributed by atoms with Gasteiger partial charge in [-0.1, -0.05) is 18.7 Å². The molecule has 0 radical (unpaired) electrons. The van der Waals surface area contributed by atoms with E-state index in [9.17, 15) is 14.9 Å². The van der Waals surface area contributed by atoms with Crippen LogP contribution in [0.1, 0.15) is 95.8 Å². The number of carbonyl (C=O) groups excluding carboxylic acids is 2. The van der Waals surface area contributed by atoms with E-state index in [1.165, 1.54) is 0 Å². The number of aromatic amines is 1. The molecule has 2 fully saturated rings. The Hall–Kier alpha value is -4.56. The Labute approximate surface area is 263 Å². The topological polar surface area (TPSA) is 166 Å². The fraction of sp³-hybridized carbons (Fsp3) is 0.471. The van der Waals surface area contributed by atoms with Crippen LogP contribution >= 0.6 is 0 Å². The van der Waals surface area contributed by atoms with E-state index in [2.05, 4.69) is 55.7 Å². The molecule has 5 N–H and O–H groups in total. The second-order valence-electron chi connectivity index (χ2n) is 13.9. The summed E-state index contributed by atoms with van der Waals surface area (Å²) in [6.45, 7) is 12.9. The van der Waals surface area contributed by atoms with E-state index in [0.29, 0.717) is 54.7 Å². The first kappa shape index (κ1) is 30.5. The van der Waals surface area contributed by atoms with Gasteiger partial charge in [-0.05, 0) is 123 Å². The number of hydrogen-bond donors (Lipinski definition) is 4. The lowest BCUT2D eigenvalue weighted by Crippen LogP contribution is -2.43. The molecular weight excluding hydrogens is 566 g/mol. The Morgan fingerprint density at radius 2 is 1.82 bits per heavy atom. The molecule has 45 heavy (non-hydrogen) atoms. The average Bonchev–Trinajstić information content (AvgIpc) is 3.38. The Morgan fingerprint density at radius 1 is 1.16 bits per heavy atom. The highest BCUT2D eigenvalue weighted by molar-refractivity contribution is 5.95. The molecule has 0 bridgehead atoms. The average molecular weight is 608 g/mol. The van der Waals surface area contributed by atoms with Crippen molar-refractivity contribution < 1.29 is 9.59 Å². The van der Waals surface area contributed by atoms with Crippen molar-refractivity contribution in [2.45, 2.75) is 88.9 Å². The van der Waals surface area contributed by atoms with E-state index in [4.69, 9.17) is 5.73 Å². The molecule has 3 unspecified atom stereocenters. The number of primary amides is 1. The summed E-state index contributed by atoms with van der Waals surface area (Å²) in [5.74, 6) is 0.546. The number of aryl methyl sites for hydroxylation is 2. The fourth-order valence-electron chi connectivity index (χ4n) is 7.41. The maximum Gasteiger partial charge on any atom is 0.251 e. The van der Waals surface area contributed by atoms with Crippen LogP contribution in [0.4, 0.5) is 0 Å². The normalized spacial score (nSPS) is 24.0. The largest absolute Gasteiger partial charge is 0.366 e. The number of nitrogens with zero attached hydrogens (tertiary/aromatic N) is 5. The van der Waals surface area contributed by atoms with Crippen LogP contribution in [0.25, 0.3) is 0 Å². The van der Waals surface area contributed by atoms with Crippen molar-refractivity contribution in [2.24, 2.45) is 11.7 Å². The number of aromatic nitrogens is 4. The SMILES string of the molecule is C=C(CN[C@@H](C)CC1(c2nnn[nH]2)c2ccc(C(N)=O)cc2CCc2cc(C(=O)NC(C)(C)C)ccc21)N1C(C#N)C[C@@H]2CC21. The number of nitrogens with two attached hydrogens (primary N) is 1. The number of carbonyl (C=O) groups is 2. The molecule has 1 aliphatic heterocycles. The van der Waals surface area contributed by atoms with Gasteiger partial charge in [-0.2, -0.15) is 5.26 Å². The summed E-state index contributed by atoms with van der Waals surface area (Å²) in [6.07, 6.45) is 3.90. The van der Waals surface area contributed by atoms with Gasteiger partial charge in [0.2, 0.25) is 5.91 Å². The van der Waals surface area contributed by atoms with Crippen LogP contribution in [0.5, 0.6) is 0 Å². The predicted molar refractivity (Wildman–Crippen MR) is 169 cm³/mol. The maximum absolute atomic E-state index is 13.2. The van der Waals surface area contributed by atoms with Crippen molar-refractivity contribution in [2.75, 3.05) is 6.54 Å². The van der Waals surface area contributed by atoms with Gasteiger partial charge in [-0.25, -0.2) is 5.10 Å². The second kappa shape index (κ2) is 11.4. The number of nitriles is 1. The number of H-pyrrole nitrogens is 1. The monoisotopic (exact) mass is 607 g/mol. The third-order valence-electron chi connectivity index (χ3n) is 9.46. The van der Waals surface area contributed by atoms with Crippen LogP contribution in [0.3, 0.4) is 0 Å². The van der Waals surface area contributed by atoms with Crippen molar-refractivity contribution in [1.82, 2.24) is 36.2 Å². The van der Waals surface area contributed by atoms with Gasteiger partial charge in [-0.3, -0.25) is 9.59 Å². The minimum atomic E-state index is -0.835. The second-order valence-corrected chi connectivity index (χ2v) is 13.9. The van der Waals surface area contributed by atoms with Gasteiger partial charge in [0, 0.05) is 41.0 Å². The van der Waals surface area contributed by atoms with Crippen LogP contribution in [0, 0.1) is 17.2 Å². The molecular formula is C34H41N9O2. The van der Waals surface area contributed by atoms with Gasteiger partial charge >= 0.3 is 0 Å². The number of fused-ring (bicyclic) bond motifs is 3. The predicted octanol–water partition coefficient (Wildman–Crippen LogP) is 3.13. The van der Waals surface area contributed by atoms with Crippen LogP contribution in [-0.2, 0) is 18.3 Å². The Bertz CT molecular complexity index is 1690. The number of nitrogens with one attached hydrogen (secondary N) is 3. The molecule has 234 valence electrons. The molecule has 1 aromatic heterocycles. The van der Waals surface area contributed by atoms with Crippen LogP contribution < -0.4 is 16.4 Å². The standard InChI is InChI=1S/C34H41N9O2/c1-19(37-18-20(2)43-26(17-35)14-25-15-29(25)43)16-34(32-39-41-42-40-32)27-10-8-23(30(36)44)12-21(27)6-7-22-13-24(9-11-28(22)34)31(45)38-33(3,4)5/h8-13,19,25-26,29,37H,2,6-7,14-16,18H2,1,3-5H3,(H2,36,44)(H,38,45)(H,39,40,41,42)/t19-,25+,26?,29?,34?/m0/s1. The third-order valence-corrected chi connectivity index (χ3v) is 9.46. The molecule has 0 spiro atoms. The molecule has 2 amide bonds. The highest BCUT2D eigenvalue weighted by Gasteiger charge is 2.52. The van der Waals surface area contributed by atoms with E-state index in [0.717, 1.165) is 40.8 Å². The molecule has 6 rings (SSSR count). The number of benzene rings is 2. The zero-order valence-corrected chi connectivity index (χ0v) is 26.4. The van der Waals surface area contributed by atoms with E-state index in [1.807, 2.05) is 51.1 Å². The molecule has 5 atom stereocenters. The van der Waals surface area contributed by atoms with Gasteiger partial charge < -0.3 is 21.3 Å². The lowest BCUT2D eigenvalue weighted by molar-refractivity contribution is 0.0918. The van der Waals surface area contributed by atoms with Gasteiger partial charge in [0.05, 0.1) is 11.5 Å². The molecule has 2 aliphatic carbocycles. The van der Waals surface area contributed by atoms with Gasteiger partial charge in [0.15, 0.2) is 5.82 Å². The zero-order chi connectivity index (χ0) is 32.1.